The second kappa shape index (κ2) is 10.5. The number of ether oxygens (including phenoxy) is 1. The Hall–Kier alpha value is -2.67. The smallest absolute Gasteiger partial charge is 0.246 e. The molecule has 0 radical (unpaired) electrons. The van der Waals surface area contributed by atoms with Gasteiger partial charge in [-0.2, -0.15) is 0 Å². The Balaban J connectivity index is 1.31. The van der Waals surface area contributed by atoms with Gasteiger partial charge in [0.1, 0.15) is 11.6 Å². The number of rotatable bonds is 5. The Morgan fingerprint density at radius 1 is 0.895 bits per heavy atom. The van der Waals surface area contributed by atoms with Gasteiger partial charge in [-0.05, 0) is 44.7 Å². The summed E-state index contributed by atoms with van der Waals surface area (Å²) in [5.74, 6) is -1.75. The number of carbonyl (C=O) groups excluding carboxylic acids is 3. The van der Waals surface area contributed by atoms with Gasteiger partial charge in [0.05, 0.1) is 17.9 Å². The number of amides is 3. The lowest BCUT2D eigenvalue weighted by atomic mass is 9.74. The number of likely N-dealkylation sites (tertiary alicyclic amines) is 1. The fraction of sp³-hybridized carbons (Fsp3) is 0.645. The van der Waals surface area contributed by atoms with Gasteiger partial charge in [0.15, 0.2) is 0 Å². The molecule has 2 N–H and O–H groups in total. The van der Waals surface area contributed by atoms with E-state index in [-0.39, 0.29) is 29.8 Å². The molecule has 1 aromatic rings. The minimum atomic E-state index is -1.09. The van der Waals surface area contributed by atoms with Crippen LogP contribution in [0, 0.1) is 18.8 Å². The van der Waals surface area contributed by atoms with E-state index in [1.165, 1.54) is 12.8 Å². The first-order valence-corrected chi connectivity index (χ1v) is 14.9. The zero-order chi connectivity index (χ0) is 26.3. The molecule has 7 heteroatoms. The number of aryl methyl sites for hydroxylation is 1. The summed E-state index contributed by atoms with van der Waals surface area (Å²) >= 11 is 0. The van der Waals surface area contributed by atoms with Gasteiger partial charge >= 0.3 is 0 Å². The molecule has 2 aliphatic carbocycles. The van der Waals surface area contributed by atoms with Crippen LogP contribution in [0.2, 0.25) is 0 Å². The van der Waals surface area contributed by atoms with Gasteiger partial charge in [0, 0.05) is 17.8 Å². The molecule has 1 aromatic carbocycles. The maximum absolute atomic E-state index is 14.3. The molecule has 4 fully saturated rings. The molecule has 3 aliphatic heterocycles. The molecular formula is C31H41N3O4. The molecule has 0 unspecified atom stereocenters. The standard InChI is InChI=1S/C31H41N3O4/c1-20-14-16-22(17-15-20)32-28(35)25-24-18-19-31(38-24)26(25)30(37)34(23-12-8-3-2-4-9-13-23)27(31)29(36)33-21-10-6-5-7-11-21/h14-19,21,23-27H,2-13H2,1H3,(H,32,35)(H,33,36)/t24-,25-,26-,27-,31-/m0/s1. The quantitative estimate of drug-likeness (QED) is 0.555. The van der Waals surface area contributed by atoms with E-state index in [9.17, 15) is 14.4 Å². The average molecular weight is 520 g/mol. The summed E-state index contributed by atoms with van der Waals surface area (Å²) in [5.41, 5.74) is 0.731. The van der Waals surface area contributed by atoms with Crippen molar-refractivity contribution in [2.45, 2.75) is 114 Å². The van der Waals surface area contributed by atoms with E-state index in [1.807, 2.05) is 48.2 Å². The van der Waals surface area contributed by atoms with E-state index < -0.39 is 29.6 Å². The number of fused-ring (bicyclic) bond motifs is 1. The Morgan fingerprint density at radius 2 is 1.53 bits per heavy atom. The predicted octanol–water partition coefficient (Wildman–Crippen LogP) is 4.65. The van der Waals surface area contributed by atoms with E-state index in [1.54, 1.807) is 0 Å². The highest BCUT2D eigenvalue weighted by molar-refractivity contribution is 6.03. The highest BCUT2D eigenvalue weighted by Crippen LogP contribution is 2.56. The monoisotopic (exact) mass is 519 g/mol. The van der Waals surface area contributed by atoms with Gasteiger partial charge in [-0.25, -0.2) is 0 Å². The molecular weight excluding hydrogens is 478 g/mol. The molecule has 3 amide bonds. The molecule has 6 rings (SSSR count). The maximum atomic E-state index is 14.3. The maximum Gasteiger partial charge on any atom is 0.246 e. The summed E-state index contributed by atoms with van der Waals surface area (Å²) in [6.07, 6.45) is 16.2. The average Bonchev–Trinajstić information content (AvgIpc) is 3.53. The van der Waals surface area contributed by atoms with Crippen LogP contribution < -0.4 is 10.6 Å². The number of anilines is 1. The van der Waals surface area contributed by atoms with E-state index in [0.29, 0.717) is 5.69 Å². The van der Waals surface area contributed by atoms with Crippen LogP contribution in [-0.2, 0) is 19.1 Å². The van der Waals surface area contributed by atoms with Crippen LogP contribution in [0.15, 0.2) is 36.4 Å². The largest absolute Gasteiger partial charge is 0.359 e. The number of nitrogens with one attached hydrogen (secondary N) is 2. The van der Waals surface area contributed by atoms with Gasteiger partial charge in [0.25, 0.3) is 0 Å². The molecule has 1 spiro atoms. The molecule has 7 nitrogen and oxygen atoms in total. The van der Waals surface area contributed by atoms with Crippen LogP contribution in [0.5, 0.6) is 0 Å². The first-order valence-electron chi connectivity index (χ1n) is 14.9. The number of benzene rings is 1. The van der Waals surface area contributed by atoms with E-state index in [2.05, 4.69) is 10.6 Å². The van der Waals surface area contributed by atoms with Crippen molar-refractivity contribution in [1.29, 1.82) is 0 Å². The lowest BCUT2D eigenvalue weighted by Crippen LogP contribution is -2.58. The van der Waals surface area contributed by atoms with Crippen molar-refractivity contribution in [3.05, 3.63) is 42.0 Å². The summed E-state index contributed by atoms with van der Waals surface area (Å²) in [6.45, 7) is 2.00. The first kappa shape index (κ1) is 25.6. The molecule has 204 valence electrons. The SMILES string of the molecule is Cc1ccc(NC(=O)[C@H]2[C@@H]3C=C[C@]4(O3)[C@@H]2C(=O)N(C2CCCCCCC2)[C@H]4C(=O)NC2CCCCC2)cc1. The van der Waals surface area contributed by atoms with Gasteiger partial charge in [-0.15, -0.1) is 0 Å². The van der Waals surface area contributed by atoms with E-state index >= 15 is 0 Å². The summed E-state index contributed by atoms with van der Waals surface area (Å²) in [5, 5.41) is 6.33. The summed E-state index contributed by atoms with van der Waals surface area (Å²) in [7, 11) is 0. The highest BCUT2D eigenvalue weighted by Gasteiger charge is 2.73. The van der Waals surface area contributed by atoms with Gasteiger partial charge in [0.2, 0.25) is 17.7 Å². The highest BCUT2D eigenvalue weighted by atomic mass is 16.5. The van der Waals surface area contributed by atoms with Crippen LogP contribution >= 0.6 is 0 Å². The van der Waals surface area contributed by atoms with Crippen molar-refractivity contribution < 1.29 is 19.1 Å². The molecule has 0 aromatic heterocycles. The zero-order valence-corrected chi connectivity index (χ0v) is 22.5. The lowest BCUT2D eigenvalue weighted by molar-refractivity contribution is -0.144. The summed E-state index contributed by atoms with van der Waals surface area (Å²) < 4.78 is 6.55. The van der Waals surface area contributed by atoms with Crippen LogP contribution in [0.1, 0.15) is 82.6 Å². The molecule has 2 saturated carbocycles. The Bertz CT molecular complexity index is 1090. The van der Waals surface area contributed by atoms with Crippen LogP contribution in [0.4, 0.5) is 5.69 Å². The molecule has 38 heavy (non-hydrogen) atoms. The lowest BCUT2D eigenvalue weighted by Gasteiger charge is -2.38. The molecule has 2 saturated heterocycles. The van der Waals surface area contributed by atoms with Crippen molar-refractivity contribution in [2.24, 2.45) is 11.8 Å². The van der Waals surface area contributed by atoms with Crippen LogP contribution in [-0.4, -0.2) is 52.5 Å². The van der Waals surface area contributed by atoms with E-state index in [0.717, 1.165) is 69.8 Å². The Labute approximate surface area is 225 Å². The Morgan fingerprint density at radius 3 is 2.24 bits per heavy atom. The number of nitrogens with zero attached hydrogens (tertiary/aromatic N) is 1. The number of hydrogen-bond donors (Lipinski definition) is 2. The van der Waals surface area contributed by atoms with Crippen molar-refractivity contribution in [2.75, 3.05) is 5.32 Å². The zero-order valence-electron chi connectivity index (χ0n) is 22.5. The van der Waals surface area contributed by atoms with E-state index in [4.69, 9.17) is 4.74 Å². The molecule has 5 aliphatic rings. The second-order valence-electron chi connectivity index (χ2n) is 12.1. The third-order valence-corrected chi connectivity index (χ3v) is 9.60. The molecule has 3 heterocycles. The number of carbonyl (C=O) groups is 3. The van der Waals surface area contributed by atoms with Gasteiger partial charge < -0.3 is 20.3 Å². The minimum Gasteiger partial charge on any atom is -0.359 e. The summed E-state index contributed by atoms with van der Waals surface area (Å²) in [4.78, 5) is 43.9. The molecule has 2 bridgehead atoms. The topological polar surface area (TPSA) is 87.7 Å². The number of hydrogen-bond acceptors (Lipinski definition) is 4. The molecule has 5 atom stereocenters. The van der Waals surface area contributed by atoms with Gasteiger partial charge in [-0.1, -0.05) is 81.2 Å². The third-order valence-electron chi connectivity index (χ3n) is 9.60. The normalized spacial score (nSPS) is 33.6. The first-order chi connectivity index (χ1) is 18.5. The van der Waals surface area contributed by atoms with Crippen LogP contribution in [0.25, 0.3) is 0 Å². The van der Waals surface area contributed by atoms with Crippen molar-refractivity contribution in [3.63, 3.8) is 0 Å². The van der Waals surface area contributed by atoms with Gasteiger partial charge in [-0.3, -0.25) is 14.4 Å². The fourth-order valence-electron chi connectivity index (χ4n) is 7.70. The Kier molecular flexibility index (Phi) is 7.06. The predicted molar refractivity (Wildman–Crippen MR) is 145 cm³/mol. The van der Waals surface area contributed by atoms with Crippen LogP contribution in [0.3, 0.4) is 0 Å². The van der Waals surface area contributed by atoms with Crippen molar-refractivity contribution in [3.8, 4) is 0 Å². The fourth-order valence-corrected chi connectivity index (χ4v) is 7.70. The van der Waals surface area contributed by atoms with Crippen molar-refractivity contribution in [1.82, 2.24) is 10.2 Å². The summed E-state index contributed by atoms with van der Waals surface area (Å²) in [6, 6.07) is 7.08. The third kappa shape index (κ3) is 4.47. The second-order valence-corrected chi connectivity index (χ2v) is 12.1. The minimum absolute atomic E-state index is 0.00161. The van der Waals surface area contributed by atoms with Crippen molar-refractivity contribution >= 4 is 23.4 Å².